The molecule has 1 amide bonds. The molecule has 1 heterocycles. The number of likely N-dealkylation sites (tertiary alicyclic amines) is 1. The highest BCUT2D eigenvalue weighted by Gasteiger charge is 2.16. The predicted molar refractivity (Wildman–Crippen MR) is 71.9 cm³/mol. The van der Waals surface area contributed by atoms with E-state index in [1.807, 2.05) is 0 Å². The summed E-state index contributed by atoms with van der Waals surface area (Å²) < 4.78 is 0. The summed E-state index contributed by atoms with van der Waals surface area (Å²) in [6.45, 7) is 7.61. The summed E-state index contributed by atoms with van der Waals surface area (Å²) in [5, 5.41) is 3.04. The van der Waals surface area contributed by atoms with Crippen molar-refractivity contribution in [3.63, 3.8) is 0 Å². The summed E-state index contributed by atoms with van der Waals surface area (Å²) in [5.41, 5.74) is 0. The van der Waals surface area contributed by atoms with Gasteiger partial charge in [0.25, 0.3) is 0 Å². The third kappa shape index (κ3) is 6.67. The third-order valence-corrected chi connectivity index (χ3v) is 3.66. The van der Waals surface area contributed by atoms with Crippen LogP contribution in [0.25, 0.3) is 0 Å². The van der Waals surface area contributed by atoms with Gasteiger partial charge in [0.1, 0.15) is 0 Å². The zero-order valence-corrected chi connectivity index (χ0v) is 11.7. The van der Waals surface area contributed by atoms with Crippen molar-refractivity contribution in [2.45, 2.75) is 46.0 Å². The van der Waals surface area contributed by atoms with Crippen LogP contribution in [0.1, 0.15) is 46.0 Å². The van der Waals surface area contributed by atoms with E-state index < -0.39 is 0 Å². The van der Waals surface area contributed by atoms with Gasteiger partial charge in [-0.25, -0.2) is 0 Å². The smallest absolute Gasteiger partial charge is 0.220 e. The van der Waals surface area contributed by atoms with Gasteiger partial charge in [0, 0.05) is 13.0 Å². The van der Waals surface area contributed by atoms with Crippen molar-refractivity contribution >= 4 is 5.91 Å². The van der Waals surface area contributed by atoms with Crippen LogP contribution in [0, 0.1) is 11.8 Å². The average molecular weight is 240 g/mol. The highest BCUT2D eigenvalue weighted by Crippen LogP contribution is 2.18. The molecule has 100 valence electrons. The Kier molecular flexibility index (Phi) is 6.56. The Hall–Kier alpha value is -0.570. The molecular formula is C14H28N2O. The van der Waals surface area contributed by atoms with Crippen LogP contribution in [0.2, 0.25) is 0 Å². The van der Waals surface area contributed by atoms with Gasteiger partial charge in [-0.2, -0.15) is 0 Å². The Morgan fingerprint density at radius 2 is 2.00 bits per heavy atom. The molecule has 0 aliphatic carbocycles. The molecule has 0 saturated carbocycles. The number of amides is 1. The van der Waals surface area contributed by atoms with Crippen molar-refractivity contribution in [3.05, 3.63) is 0 Å². The molecule has 1 N–H and O–H groups in total. The normalized spacial score (nSPS) is 18.6. The fourth-order valence-electron chi connectivity index (χ4n) is 2.27. The lowest BCUT2D eigenvalue weighted by molar-refractivity contribution is -0.121. The van der Waals surface area contributed by atoms with Crippen LogP contribution in [0.5, 0.6) is 0 Å². The van der Waals surface area contributed by atoms with Gasteiger partial charge in [-0.3, -0.25) is 4.79 Å². The number of carbonyl (C=O) groups excluding carboxylic acids is 1. The number of nitrogens with one attached hydrogen (secondary N) is 1. The van der Waals surface area contributed by atoms with Crippen molar-refractivity contribution in [2.75, 3.05) is 26.7 Å². The van der Waals surface area contributed by atoms with Crippen LogP contribution in [0.3, 0.4) is 0 Å². The Morgan fingerprint density at radius 3 is 2.59 bits per heavy atom. The Balaban J connectivity index is 2.01. The maximum Gasteiger partial charge on any atom is 0.220 e. The lowest BCUT2D eigenvalue weighted by Crippen LogP contribution is -2.32. The fourth-order valence-corrected chi connectivity index (χ4v) is 2.27. The van der Waals surface area contributed by atoms with E-state index in [4.69, 9.17) is 0 Å². The average Bonchev–Trinajstić information content (AvgIpc) is 2.29. The van der Waals surface area contributed by atoms with Gasteiger partial charge in [0.05, 0.1) is 0 Å². The number of hydrogen-bond donors (Lipinski definition) is 1. The first-order valence-corrected chi connectivity index (χ1v) is 7.03. The Morgan fingerprint density at radius 1 is 1.35 bits per heavy atom. The van der Waals surface area contributed by atoms with Gasteiger partial charge in [-0.1, -0.05) is 13.8 Å². The van der Waals surface area contributed by atoms with E-state index >= 15 is 0 Å². The molecule has 0 aromatic heterocycles. The molecule has 0 aromatic rings. The van der Waals surface area contributed by atoms with Gasteiger partial charge >= 0.3 is 0 Å². The number of hydrogen-bond acceptors (Lipinski definition) is 2. The Labute approximate surface area is 106 Å². The molecule has 3 nitrogen and oxygen atoms in total. The zero-order chi connectivity index (χ0) is 12.7. The standard InChI is InChI=1S/C14H28N2O/c1-12(2)4-5-14(17)15-9-6-13-7-10-16(3)11-8-13/h12-13H,4-11H2,1-3H3,(H,15,17). The Bertz CT molecular complexity index is 220. The summed E-state index contributed by atoms with van der Waals surface area (Å²) >= 11 is 0. The lowest BCUT2D eigenvalue weighted by Gasteiger charge is -2.28. The SMILES string of the molecule is CC(C)CCC(=O)NCCC1CCN(C)CC1. The number of carbonyl (C=O) groups is 1. The lowest BCUT2D eigenvalue weighted by atomic mass is 9.94. The minimum Gasteiger partial charge on any atom is -0.356 e. The molecule has 1 aliphatic heterocycles. The summed E-state index contributed by atoms with van der Waals surface area (Å²) in [4.78, 5) is 13.9. The summed E-state index contributed by atoms with van der Waals surface area (Å²) in [6.07, 6.45) is 5.42. The van der Waals surface area contributed by atoms with Crippen molar-refractivity contribution in [1.29, 1.82) is 0 Å². The number of piperidine rings is 1. The molecule has 17 heavy (non-hydrogen) atoms. The quantitative estimate of drug-likeness (QED) is 0.772. The van der Waals surface area contributed by atoms with E-state index in [-0.39, 0.29) is 5.91 Å². The largest absolute Gasteiger partial charge is 0.356 e. The van der Waals surface area contributed by atoms with E-state index in [0.29, 0.717) is 12.3 Å². The van der Waals surface area contributed by atoms with Gasteiger partial charge in [0.2, 0.25) is 5.91 Å². The monoisotopic (exact) mass is 240 g/mol. The highest BCUT2D eigenvalue weighted by atomic mass is 16.1. The molecule has 1 fully saturated rings. The molecular weight excluding hydrogens is 212 g/mol. The molecule has 0 aromatic carbocycles. The van der Waals surface area contributed by atoms with Gasteiger partial charge in [0.15, 0.2) is 0 Å². The van der Waals surface area contributed by atoms with Crippen LogP contribution in [-0.4, -0.2) is 37.5 Å². The third-order valence-electron chi connectivity index (χ3n) is 3.66. The van der Waals surface area contributed by atoms with Crippen LogP contribution in [-0.2, 0) is 4.79 Å². The molecule has 0 unspecified atom stereocenters. The minimum absolute atomic E-state index is 0.228. The molecule has 0 radical (unpaired) electrons. The van der Waals surface area contributed by atoms with E-state index in [2.05, 4.69) is 31.1 Å². The highest BCUT2D eigenvalue weighted by molar-refractivity contribution is 5.75. The van der Waals surface area contributed by atoms with Crippen LogP contribution >= 0.6 is 0 Å². The first-order chi connectivity index (χ1) is 8.08. The maximum atomic E-state index is 11.5. The van der Waals surface area contributed by atoms with Gasteiger partial charge in [-0.05, 0) is 57.7 Å². The molecule has 3 heteroatoms. The van der Waals surface area contributed by atoms with Crippen LogP contribution in [0.4, 0.5) is 0 Å². The fraction of sp³-hybridized carbons (Fsp3) is 0.929. The number of rotatable bonds is 6. The first-order valence-electron chi connectivity index (χ1n) is 7.03. The maximum absolute atomic E-state index is 11.5. The van der Waals surface area contributed by atoms with E-state index in [1.54, 1.807) is 0 Å². The molecule has 0 atom stereocenters. The molecule has 1 aliphatic rings. The van der Waals surface area contributed by atoms with E-state index in [1.165, 1.54) is 25.9 Å². The molecule has 1 rings (SSSR count). The van der Waals surface area contributed by atoms with Gasteiger partial charge in [-0.15, -0.1) is 0 Å². The second-order valence-corrected chi connectivity index (χ2v) is 5.82. The van der Waals surface area contributed by atoms with E-state index in [0.717, 1.165) is 25.3 Å². The summed E-state index contributed by atoms with van der Waals surface area (Å²) in [5.74, 6) is 1.66. The number of nitrogens with zero attached hydrogens (tertiary/aromatic N) is 1. The van der Waals surface area contributed by atoms with Crippen molar-refractivity contribution in [1.82, 2.24) is 10.2 Å². The topological polar surface area (TPSA) is 32.3 Å². The van der Waals surface area contributed by atoms with Gasteiger partial charge < -0.3 is 10.2 Å². The van der Waals surface area contributed by atoms with Crippen LogP contribution in [0.15, 0.2) is 0 Å². The molecule has 1 saturated heterocycles. The predicted octanol–water partition coefficient (Wildman–Crippen LogP) is 2.27. The molecule has 0 spiro atoms. The van der Waals surface area contributed by atoms with Crippen molar-refractivity contribution in [2.24, 2.45) is 11.8 Å². The minimum atomic E-state index is 0.228. The first kappa shape index (κ1) is 14.5. The van der Waals surface area contributed by atoms with E-state index in [9.17, 15) is 4.79 Å². The molecule has 0 bridgehead atoms. The summed E-state index contributed by atoms with van der Waals surface area (Å²) in [7, 11) is 2.18. The second kappa shape index (κ2) is 7.70. The second-order valence-electron chi connectivity index (χ2n) is 5.82. The summed E-state index contributed by atoms with van der Waals surface area (Å²) in [6, 6.07) is 0. The zero-order valence-electron chi connectivity index (χ0n) is 11.7. The van der Waals surface area contributed by atoms with Crippen molar-refractivity contribution in [3.8, 4) is 0 Å². The van der Waals surface area contributed by atoms with Crippen LogP contribution < -0.4 is 5.32 Å². The van der Waals surface area contributed by atoms with Crippen molar-refractivity contribution < 1.29 is 4.79 Å².